The van der Waals surface area contributed by atoms with E-state index >= 15 is 0 Å². The minimum Gasteiger partial charge on any atom is -0.384 e. The van der Waals surface area contributed by atoms with Crippen molar-refractivity contribution < 1.29 is 9.53 Å². The van der Waals surface area contributed by atoms with Crippen molar-refractivity contribution in [1.29, 1.82) is 0 Å². The summed E-state index contributed by atoms with van der Waals surface area (Å²) >= 11 is 0. The standard InChI is InChI=1S/C13H22N2O2/c1-4-10-15(5-2)12(16)13(11-17-3)6-8-14-9-7-13/h1,14H,5-11H2,2-3H3. The summed E-state index contributed by atoms with van der Waals surface area (Å²) in [5.74, 6) is 2.69. The third kappa shape index (κ3) is 3.21. The lowest BCUT2D eigenvalue weighted by atomic mass is 9.78. The van der Waals surface area contributed by atoms with Crippen LogP contribution in [0.25, 0.3) is 0 Å². The first-order valence-corrected chi connectivity index (χ1v) is 6.12. The SMILES string of the molecule is C#CCN(CC)C(=O)C1(COC)CCNCC1. The van der Waals surface area contributed by atoms with Crippen molar-refractivity contribution >= 4 is 5.91 Å². The van der Waals surface area contributed by atoms with Crippen LogP contribution in [0.2, 0.25) is 0 Å². The molecule has 0 aliphatic carbocycles. The number of carbonyl (C=O) groups excluding carboxylic acids is 1. The van der Waals surface area contributed by atoms with Crippen LogP contribution in [0, 0.1) is 17.8 Å². The number of rotatable bonds is 5. The fraction of sp³-hybridized carbons (Fsp3) is 0.769. The molecule has 1 N–H and O–H groups in total. The highest BCUT2D eigenvalue weighted by atomic mass is 16.5. The number of terminal acetylenes is 1. The van der Waals surface area contributed by atoms with Crippen LogP contribution in [0.3, 0.4) is 0 Å². The van der Waals surface area contributed by atoms with E-state index in [1.165, 1.54) is 0 Å². The maximum absolute atomic E-state index is 12.6. The Bertz CT molecular complexity index is 285. The van der Waals surface area contributed by atoms with Crippen molar-refractivity contribution in [3.8, 4) is 12.3 Å². The van der Waals surface area contributed by atoms with Gasteiger partial charge < -0.3 is 15.0 Å². The molecule has 0 aromatic carbocycles. The van der Waals surface area contributed by atoms with Gasteiger partial charge in [-0.05, 0) is 32.9 Å². The van der Waals surface area contributed by atoms with Crippen LogP contribution >= 0.6 is 0 Å². The Morgan fingerprint density at radius 3 is 2.65 bits per heavy atom. The van der Waals surface area contributed by atoms with Crippen molar-refractivity contribution in [3.63, 3.8) is 0 Å². The number of amides is 1. The van der Waals surface area contributed by atoms with Crippen molar-refractivity contribution in [2.24, 2.45) is 5.41 Å². The number of ether oxygens (including phenoxy) is 1. The molecule has 4 heteroatoms. The van der Waals surface area contributed by atoms with Gasteiger partial charge in [0, 0.05) is 13.7 Å². The van der Waals surface area contributed by atoms with E-state index in [0.717, 1.165) is 25.9 Å². The predicted molar refractivity (Wildman–Crippen MR) is 67.5 cm³/mol. The number of hydrogen-bond acceptors (Lipinski definition) is 3. The Morgan fingerprint density at radius 1 is 1.53 bits per heavy atom. The quantitative estimate of drug-likeness (QED) is 0.709. The summed E-state index contributed by atoms with van der Waals surface area (Å²) in [6.07, 6.45) is 6.94. The average Bonchev–Trinajstić information content (AvgIpc) is 2.36. The Balaban J connectivity index is 2.81. The molecule has 1 aliphatic heterocycles. The van der Waals surface area contributed by atoms with E-state index in [-0.39, 0.29) is 11.3 Å². The topological polar surface area (TPSA) is 41.6 Å². The van der Waals surface area contributed by atoms with Crippen LogP contribution < -0.4 is 5.32 Å². The number of hydrogen-bond donors (Lipinski definition) is 1. The molecular weight excluding hydrogens is 216 g/mol. The van der Waals surface area contributed by atoms with Crippen LogP contribution in [0.15, 0.2) is 0 Å². The number of nitrogens with one attached hydrogen (secondary N) is 1. The molecule has 1 fully saturated rings. The molecule has 0 radical (unpaired) electrons. The smallest absolute Gasteiger partial charge is 0.231 e. The maximum atomic E-state index is 12.6. The van der Waals surface area contributed by atoms with E-state index in [1.54, 1.807) is 12.0 Å². The monoisotopic (exact) mass is 238 g/mol. The molecule has 0 aromatic heterocycles. The summed E-state index contributed by atoms with van der Waals surface area (Å²) in [6.45, 7) is 5.20. The number of methoxy groups -OCH3 is 1. The fourth-order valence-corrected chi connectivity index (χ4v) is 2.37. The van der Waals surface area contributed by atoms with E-state index in [4.69, 9.17) is 11.2 Å². The maximum Gasteiger partial charge on any atom is 0.231 e. The summed E-state index contributed by atoms with van der Waals surface area (Å²) in [5.41, 5.74) is -0.382. The summed E-state index contributed by atoms with van der Waals surface area (Å²) in [7, 11) is 1.65. The molecular formula is C13H22N2O2. The molecule has 1 heterocycles. The Hall–Kier alpha value is -1.05. The van der Waals surface area contributed by atoms with Gasteiger partial charge in [-0.3, -0.25) is 4.79 Å². The van der Waals surface area contributed by atoms with Gasteiger partial charge >= 0.3 is 0 Å². The van der Waals surface area contributed by atoms with Crippen molar-refractivity contribution in [3.05, 3.63) is 0 Å². The molecule has 96 valence electrons. The zero-order chi connectivity index (χ0) is 12.7. The molecule has 0 bridgehead atoms. The van der Waals surface area contributed by atoms with E-state index in [2.05, 4.69) is 11.2 Å². The minimum absolute atomic E-state index is 0.140. The first kappa shape index (κ1) is 14.0. The normalized spacial score (nSPS) is 18.4. The molecule has 1 rings (SSSR count). The lowest BCUT2D eigenvalue weighted by molar-refractivity contribution is -0.146. The van der Waals surface area contributed by atoms with Gasteiger partial charge in [0.2, 0.25) is 5.91 Å². The van der Waals surface area contributed by atoms with E-state index in [1.807, 2.05) is 6.92 Å². The second-order valence-electron chi connectivity index (χ2n) is 4.49. The van der Waals surface area contributed by atoms with E-state index < -0.39 is 0 Å². The highest BCUT2D eigenvalue weighted by molar-refractivity contribution is 5.83. The number of piperidine rings is 1. The molecule has 1 amide bonds. The highest BCUT2D eigenvalue weighted by Gasteiger charge is 2.41. The summed E-state index contributed by atoms with van der Waals surface area (Å²) < 4.78 is 5.25. The van der Waals surface area contributed by atoms with Crippen molar-refractivity contribution in [2.75, 3.05) is 39.9 Å². The molecule has 0 saturated carbocycles. The summed E-state index contributed by atoms with van der Waals surface area (Å²) in [4.78, 5) is 14.3. The highest BCUT2D eigenvalue weighted by Crippen LogP contribution is 2.31. The van der Waals surface area contributed by atoms with Crippen LogP contribution in [0.4, 0.5) is 0 Å². The first-order chi connectivity index (χ1) is 8.20. The van der Waals surface area contributed by atoms with Gasteiger partial charge in [-0.25, -0.2) is 0 Å². The van der Waals surface area contributed by atoms with E-state index in [0.29, 0.717) is 19.7 Å². The van der Waals surface area contributed by atoms with Crippen molar-refractivity contribution in [2.45, 2.75) is 19.8 Å². The molecule has 0 unspecified atom stereocenters. The van der Waals surface area contributed by atoms with Gasteiger partial charge in [-0.1, -0.05) is 5.92 Å². The fourth-order valence-electron chi connectivity index (χ4n) is 2.37. The first-order valence-electron chi connectivity index (χ1n) is 6.12. The lowest BCUT2D eigenvalue weighted by Gasteiger charge is -2.38. The molecule has 1 aliphatic rings. The Morgan fingerprint density at radius 2 is 2.18 bits per heavy atom. The second-order valence-corrected chi connectivity index (χ2v) is 4.49. The van der Waals surface area contributed by atoms with Gasteiger partial charge in [0.25, 0.3) is 0 Å². The number of carbonyl (C=O) groups is 1. The average molecular weight is 238 g/mol. The van der Waals surface area contributed by atoms with Gasteiger partial charge in [0.05, 0.1) is 18.6 Å². The third-order valence-corrected chi connectivity index (χ3v) is 3.39. The summed E-state index contributed by atoms with van der Waals surface area (Å²) in [5, 5.41) is 3.28. The van der Waals surface area contributed by atoms with Crippen LogP contribution in [0.5, 0.6) is 0 Å². The predicted octanol–water partition coefficient (Wildman–Crippen LogP) is 0.484. The largest absolute Gasteiger partial charge is 0.384 e. The third-order valence-electron chi connectivity index (χ3n) is 3.39. The van der Waals surface area contributed by atoms with Crippen molar-refractivity contribution in [1.82, 2.24) is 10.2 Å². The zero-order valence-electron chi connectivity index (χ0n) is 10.8. The van der Waals surface area contributed by atoms with Crippen LogP contribution in [-0.2, 0) is 9.53 Å². The van der Waals surface area contributed by atoms with E-state index in [9.17, 15) is 4.79 Å². The molecule has 0 atom stereocenters. The molecule has 0 spiro atoms. The Labute approximate surface area is 104 Å². The van der Waals surface area contributed by atoms with Gasteiger partial charge in [-0.2, -0.15) is 0 Å². The molecule has 17 heavy (non-hydrogen) atoms. The molecule has 4 nitrogen and oxygen atoms in total. The zero-order valence-corrected chi connectivity index (χ0v) is 10.8. The summed E-state index contributed by atoms with van der Waals surface area (Å²) in [6, 6.07) is 0. The van der Waals surface area contributed by atoms with Gasteiger partial charge in [0.1, 0.15) is 0 Å². The second kappa shape index (κ2) is 6.63. The van der Waals surface area contributed by atoms with Gasteiger partial charge in [0.15, 0.2) is 0 Å². The lowest BCUT2D eigenvalue weighted by Crippen LogP contribution is -2.51. The van der Waals surface area contributed by atoms with Crippen LogP contribution in [-0.4, -0.2) is 50.7 Å². The van der Waals surface area contributed by atoms with Gasteiger partial charge in [-0.15, -0.1) is 6.42 Å². The minimum atomic E-state index is -0.382. The Kier molecular flexibility index (Phi) is 5.46. The number of nitrogens with zero attached hydrogens (tertiary/aromatic N) is 1. The molecule has 1 saturated heterocycles. The van der Waals surface area contributed by atoms with Crippen LogP contribution in [0.1, 0.15) is 19.8 Å². The molecule has 0 aromatic rings.